The van der Waals surface area contributed by atoms with Crippen LogP contribution in [0.3, 0.4) is 0 Å². The van der Waals surface area contributed by atoms with Gasteiger partial charge in [0, 0.05) is 40.2 Å². The quantitative estimate of drug-likeness (QED) is 0.226. The maximum Gasteiger partial charge on any atom is 0.248 e. The zero-order chi connectivity index (χ0) is 22.9. The summed E-state index contributed by atoms with van der Waals surface area (Å²) >= 11 is 3.35. The van der Waals surface area contributed by atoms with Crippen LogP contribution in [0, 0.1) is 6.92 Å². The molecule has 0 unspecified atom stereocenters. The zero-order valence-electron chi connectivity index (χ0n) is 18.1. The monoisotopic (exact) mass is 473 g/mol. The first-order valence-corrected chi connectivity index (χ1v) is 12.3. The average Bonchev–Trinajstić information content (AvgIpc) is 3.27. The Morgan fingerprint density at radius 1 is 1.12 bits per heavy atom. The van der Waals surface area contributed by atoms with Gasteiger partial charge in [-0.3, -0.25) is 9.78 Å². The Hall–Kier alpha value is -3.42. The standard InChI is InChI=1S/C26H23N3O2S2/c1-19-28-23(18-32-19)16-31-24-9-4-20(5-10-24)6-13-26(30)29-22-7-11-25(12-8-22)33-17-21-3-2-14-27-15-21/h2-15,18H,16-17H2,1H3,(H,29,30)/b13-6+. The molecule has 0 fully saturated rings. The van der Waals surface area contributed by atoms with E-state index in [1.807, 2.05) is 73.1 Å². The number of pyridine rings is 1. The molecular weight excluding hydrogens is 450 g/mol. The molecule has 0 atom stereocenters. The van der Waals surface area contributed by atoms with Gasteiger partial charge in [0.15, 0.2) is 0 Å². The predicted octanol–water partition coefficient (Wildman–Crippen LogP) is 6.37. The minimum atomic E-state index is -0.176. The molecule has 7 heteroatoms. The van der Waals surface area contributed by atoms with Crippen molar-refractivity contribution in [1.82, 2.24) is 9.97 Å². The van der Waals surface area contributed by atoms with Gasteiger partial charge in [-0.05, 0) is 66.6 Å². The van der Waals surface area contributed by atoms with Crippen LogP contribution < -0.4 is 10.1 Å². The molecule has 0 bridgehead atoms. The van der Waals surface area contributed by atoms with Crippen molar-refractivity contribution >= 4 is 40.8 Å². The Labute approximate surface area is 201 Å². The third-order valence-electron chi connectivity index (χ3n) is 4.61. The molecule has 0 aliphatic carbocycles. The van der Waals surface area contributed by atoms with Crippen LogP contribution in [0.25, 0.3) is 6.08 Å². The summed E-state index contributed by atoms with van der Waals surface area (Å²) < 4.78 is 5.75. The second-order valence-corrected chi connectivity index (χ2v) is 9.32. The summed E-state index contributed by atoms with van der Waals surface area (Å²) in [6.07, 6.45) is 6.95. The molecule has 166 valence electrons. The van der Waals surface area contributed by atoms with Crippen molar-refractivity contribution in [3.63, 3.8) is 0 Å². The molecule has 2 aromatic heterocycles. The lowest BCUT2D eigenvalue weighted by Gasteiger charge is -2.05. The van der Waals surface area contributed by atoms with Crippen LogP contribution in [0.2, 0.25) is 0 Å². The highest BCUT2D eigenvalue weighted by Crippen LogP contribution is 2.24. The van der Waals surface area contributed by atoms with E-state index >= 15 is 0 Å². The summed E-state index contributed by atoms with van der Waals surface area (Å²) in [4.78, 5) is 21.9. The normalized spacial score (nSPS) is 10.9. The van der Waals surface area contributed by atoms with Crippen LogP contribution >= 0.6 is 23.1 Å². The topological polar surface area (TPSA) is 64.1 Å². The molecular formula is C26H23N3O2S2. The van der Waals surface area contributed by atoms with Crippen LogP contribution in [-0.2, 0) is 17.2 Å². The van der Waals surface area contributed by atoms with Crippen molar-refractivity contribution in [2.75, 3.05) is 5.32 Å². The van der Waals surface area contributed by atoms with Gasteiger partial charge in [-0.15, -0.1) is 23.1 Å². The molecule has 4 rings (SSSR count). The number of hydrogen-bond donors (Lipinski definition) is 1. The van der Waals surface area contributed by atoms with Gasteiger partial charge < -0.3 is 10.1 Å². The first-order valence-electron chi connectivity index (χ1n) is 10.4. The van der Waals surface area contributed by atoms with Gasteiger partial charge in [-0.1, -0.05) is 18.2 Å². The minimum absolute atomic E-state index is 0.176. The van der Waals surface area contributed by atoms with Crippen molar-refractivity contribution in [2.24, 2.45) is 0 Å². The number of aryl methyl sites for hydroxylation is 1. The minimum Gasteiger partial charge on any atom is -0.487 e. The Morgan fingerprint density at radius 3 is 2.64 bits per heavy atom. The number of aromatic nitrogens is 2. The number of carbonyl (C=O) groups is 1. The highest BCUT2D eigenvalue weighted by atomic mass is 32.2. The summed E-state index contributed by atoms with van der Waals surface area (Å²) in [5.74, 6) is 1.45. The van der Waals surface area contributed by atoms with Crippen LogP contribution in [0.15, 0.2) is 89.4 Å². The van der Waals surface area contributed by atoms with Crippen LogP contribution in [0.5, 0.6) is 5.75 Å². The van der Waals surface area contributed by atoms with E-state index in [-0.39, 0.29) is 5.91 Å². The molecule has 0 saturated heterocycles. The van der Waals surface area contributed by atoms with Crippen molar-refractivity contribution in [2.45, 2.75) is 24.2 Å². The summed E-state index contributed by atoms with van der Waals surface area (Å²) in [7, 11) is 0. The molecule has 4 aromatic rings. The van der Waals surface area contributed by atoms with E-state index in [9.17, 15) is 4.79 Å². The number of rotatable bonds is 9. The first kappa shape index (κ1) is 22.8. The number of hydrogen-bond acceptors (Lipinski definition) is 6. The van der Waals surface area contributed by atoms with Crippen molar-refractivity contribution in [3.8, 4) is 5.75 Å². The molecule has 1 N–H and O–H groups in total. The Bertz CT molecular complexity index is 1200. The van der Waals surface area contributed by atoms with Gasteiger partial charge in [0.25, 0.3) is 0 Å². The molecule has 0 radical (unpaired) electrons. The van der Waals surface area contributed by atoms with Gasteiger partial charge >= 0.3 is 0 Å². The Morgan fingerprint density at radius 2 is 1.94 bits per heavy atom. The maximum absolute atomic E-state index is 12.3. The molecule has 5 nitrogen and oxygen atoms in total. The van der Waals surface area contributed by atoms with E-state index in [1.54, 1.807) is 35.4 Å². The molecule has 0 aliphatic rings. The first-order chi connectivity index (χ1) is 16.1. The molecule has 2 heterocycles. The number of thiazole rings is 1. The molecule has 0 spiro atoms. The number of ether oxygens (including phenoxy) is 1. The van der Waals surface area contributed by atoms with E-state index < -0.39 is 0 Å². The number of amides is 1. The summed E-state index contributed by atoms with van der Waals surface area (Å²) in [5.41, 5.74) is 3.79. The van der Waals surface area contributed by atoms with Crippen LogP contribution in [0.4, 0.5) is 5.69 Å². The van der Waals surface area contributed by atoms with Gasteiger partial charge in [0.1, 0.15) is 12.4 Å². The lowest BCUT2D eigenvalue weighted by molar-refractivity contribution is -0.111. The number of nitrogens with zero attached hydrogens (tertiary/aromatic N) is 2. The van der Waals surface area contributed by atoms with E-state index in [2.05, 4.69) is 21.4 Å². The van der Waals surface area contributed by atoms with Gasteiger partial charge in [0.05, 0.1) is 10.7 Å². The fraction of sp³-hybridized carbons (Fsp3) is 0.115. The molecule has 0 saturated carbocycles. The number of benzene rings is 2. The van der Waals surface area contributed by atoms with Crippen LogP contribution in [0.1, 0.15) is 21.8 Å². The molecule has 2 aromatic carbocycles. The fourth-order valence-electron chi connectivity index (χ4n) is 2.95. The molecule has 33 heavy (non-hydrogen) atoms. The largest absolute Gasteiger partial charge is 0.487 e. The lowest BCUT2D eigenvalue weighted by atomic mass is 10.2. The zero-order valence-corrected chi connectivity index (χ0v) is 19.7. The third kappa shape index (κ3) is 7.30. The van der Waals surface area contributed by atoms with Crippen molar-refractivity contribution < 1.29 is 9.53 Å². The highest BCUT2D eigenvalue weighted by molar-refractivity contribution is 7.98. The van der Waals surface area contributed by atoms with E-state index in [1.165, 1.54) is 11.6 Å². The Kier molecular flexibility index (Phi) is 7.90. The second kappa shape index (κ2) is 11.4. The van der Waals surface area contributed by atoms with Crippen molar-refractivity contribution in [1.29, 1.82) is 0 Å². The molecule has 0 aliphatic heterocycles. The van der Waals surface area contributed by atoms with Crippen molar-refractivity contribution in [3.05, 3.63) is 106 Å². The summed E-state index contributed by atoms with van der Waals surface area (Å²) in [6.45, 7) is 2.42. The smallest absolute Gasteiger partial charge is 0.248 e. The SMILES string of the molecule is Cc1nc(COc2ccc(/C=C/C(=O)Nc3ccc(SCc4cccnc4)cc3)cc2)cs1. The Balaban J connectivity index is 1.23. The summed E-state index contributed by atoms with van der Waals surface area (Å²) in [6, 6.07) is 19.4. The van der Waals surface area contributed by atoms with Crippen LogP contribution in [-0.4, -0.2) is 15.9 Å². The lowest BCUT2D eigenvalue weighted by Crippen LogP contribution is -2.07. The average molecular weight is 474 g/mol. The number of carbonyl (C=O) groups excluding carboxylic acids is 1. The fourth-order valence-corrected chi connectivity index (χ4v) is 4.38. The number of anilines is 1. The van der Waals surface area contributed by atoms with E-state index in [0.717, 1.165) is 38.4 Å². The van der Waals surface area contributed by atoms with Gasteiger partial charge in [0.2, 0.25) is 5.91 Å². The third-order valence-corrected chi connectivity index (χ3v) is 6.52. The van der Waals surface area contributed by atoms with Gasteiger partial charge in [-0.25, -0.2) is 4.98 Å². The number of thioether (sulfide) groups is 1. The summed E-state index contributed by atoms with van der Waals surface area (Å²) in [5, 5.41) is 5.92. The maximum atomic E-state index is 12.3. The van der Waals surface area contributed by atoms with Gasteiger partial charge in [-0.2, -0.15) is 0 Å². The molecule has 1 amide bonds. The second-order valence-electron chi connectivity index (χ2n) is 7.21. The van der Waals surface area contributed by atoms with E-state index in [4.69, 9.17) is 4.74 Å². The number of nitrogens with one attached hydrogen (secondary N) is 1. The predicted molar refractivity (Wildman–Crippen MR) is 136 cm³/mol. The van der Waals surface area contributed by atoms with E-state index in [0.29, 0.717) is 6.61 Å². The highest BCUT2D eigenvalue weighted by Gasteiger charge is 2.02.